The van der Waals surface area contributed by atoms with E-state index >= 15 is 0 Å². The van der Waals surface area contributed by atoms with Gasteiger partial charge >= 0.3 is 0 Å². The summed E-state index contributed by atoms with van der Waals surface area (Å²) >= 11 is 0. The molecule has 0 spiro atoms. The van der Waals surface area contributed by atoms with Crippen LogP contribution >= 0.6 is 0 Å². The van der Waals surface area contributed by atoms with Gasteiger partial charge in [-0.2, -0.15) is 0 Å². The molecule has 5 heteroatoms. The lowest BCUT2D eigenvalue weighted by molar-refractivity contribution is 0.101. The van der Waals surface area contributed by atoms with Gasteiger partial charge in [-0.3, -0.25) is 14.8 Å². The van der Waals surface area contributed by atoms with Gasteiger partial charge in [-0.05, 0) is 73.4 Å². The summed E-state index contributed by atoms with van der Waals surface area (Å²) in [6, 6.07) is 6.20. The fraction of sp³-hybridized carbons (Fsp3) is 0.464. The number of nitrogens with one attached hydrogen (secondary N) is 1. The molecule has 0 bridgehead atoms. The Morgan fingerprint density at radius 3 is 2.64 bits per heavy atom. The molecule has 2 N–H and O–H groups in total. The van der Waals surface area contributed by atoms with Crippen LogP contribution in [-0.2, 0) is 6.42 Å². The standard InChI is InChI=1S/C28H35N3O2/c1-18(2)25-13-12-20(16-29-25)14-21-15-24(19(3)32)28(23-9-5-4-8-22(21)23)31-17-30-26-10-6-7-11-27(26)33/h8-9,12-13,15-18,26-27,33H,4-7,10-11,14H2,1-3H3,(H,30,31). The number of pyridine rings is 1. The third-order valence-electron chi connectivity index (χ3n) is 6.74. The van der Waals surface area contributed by atoms with E-state index in [1.807, 2.05) is 12.3 Å². The molecular weight excluding hydrogens is 410 g/mol. The number of anilines is 1. The van der Waals surface area contributed by atoms with E-state index in [2.05, 4.69) is 53.4 Å². The summed E-state index contributed by atoms with van der Waals surface area (Å²) in [7, 11) is 0. The van der Waals surface area contributed by atoms with Gasteiger partial charge in [-0.1, -0.05) is 44.9 Å². The number of hydrogen-bond donors (Lipinski definition) is 2. The summed E-state index contributed by atoms with van der Waals surface area (Å²) < 4.78 is 0. The van der Waals surface area contributed by atoms with Gasteiger partial charge in [-0.25, -0.2) is 0 Å². The maximum absolute atomic E-state index is 12.6. The minimum Gasteiger partial charge on any atom is -0.391 e. The molecule has 0 amide bonds. The number of Topliss-reactive ketones (excluding diaryl/α,β-unsaturated/α-hetero) is 1. The fourth-order valence-electron chi connectivity index (χ4n) is 4.83. The molecule has 5 nitrogen and oxygen atoms in total. The summed E-state index contributed by atoms with van der Waals surface area (Å²) in [5.41, 5.74) is 4.88. The van der Waals surface area contributed by atoms with E-state index in [4.69, 9.17) is 0 Å². The topological polar surface area (TPSA) is 74.6 Å². The molecule has 174 valence electrons. The first-order valence-corrected chi connectivity index (χ1v) is 12.2. The molecule has 1 aromatic carbocycles. The number of fused-ring (bicyclic) bond motifs is 1. The van der Waals surface area contributed by atoms with Gasteiger partial charge in [0.15, 0.2) is 5.78 Å². The molecule has 4 rings (SSSR count). The quantitative estimate of drug-likeness (QED) is 0.382. The van der Waals surface area contributed by atoms with Crippen LogP contribution in [0.4, 0.5) is 5.69 Å². The number of aliphatic imine (C=N–C) groups is 1. The number of aromatic nitrogens is 1. The van der Waals surface area contributed by atoms with Crippen molar-refractivity contribution < 1.29 is 9.90 Å². The zero-order valence-corrected chi connectivity index (χ0v) is 20.0. The molecule has 0 saturated heterocycles. The SMILES string of the molecule is CC(=O)c1cc(Cc2ccc(C(C)C)nc2)c2c(c1NC=NC1CCCCC1O)=CCCC=2. The summed E-state index contributed by atoms with van der Waals surface area (Å²) in [5.74, 6) is 0.431. The number of aliphatic hydroxyl groups is 1. The Bertz CT molecular complexity index is 1150. The van der Waals surface area contributed by atoms with Gasteiger partial charge in [0.1, 0.15) is 0 Å². The van der Waals surface area contributed by atoms with Gasteiger partial charge in [0.25, 0.3) is 0 Å². The van der Waals surface area contributed by atoms with Crippen LogP contribution in [0, 0.1) is 0 Å². The van der Waals surface area contributed by atoms with E-state index < -0.39 is 0 Å². The monoisotopic (exact) mass is 445 g/mol. The predicted octanol–water partition coefficient (Wildman–Crippen LogP) is 4.10. The average Bonchev–Trinajstić information content (AvgIpc) is 2.81. The Kier molecular flexibility index (Phi) is 7.39. The summed E-state index contributed by atoms with van der Waals surface area (Å²) in [6.45, 7) is 5.91. The number of carbonyl (C=O) groups excluding carboxylic acids is 1. The summed E-state index contributed by atoms with van der Waals surface area (Å²) in [5, 5.41) is 15.8. The molecule has 2 unspecified atom stereocenters. The van der Waals surface area contributed by atoms with Gasteiger partial charge < -0.3 is 10.4 Å². The minimum atomic E-state index is -0.379. The number of carbonyl (C=O) groups is 1. The molecule has 1 aromatic heterocycles. The summed E-state index contributed by atoms with van der Waals surface area (Å²) in [4.78, 5) is 21.8. The largest absolute Gasteiger partial charge is 0.391 e. The van der Waals surface area contributed by atoms with E-state index in [1.54, 1.807) is 13.3 Å². The van der Waals surface area contributed by atoms with Crippen molar-refractivity contribution in [2.75, 3.05) is 5.32 Å². The van der Waals surface area contributed by atoms with Crippen LogP contribution in [0.15, 0.2) is 29.4 Å². The number of aliphatic hydroxyl groups excluding tert-OH is 1. The van der Waals surface area contributed by atoms with Crippen molar-refractivity contribution in [1.82, 2.24) is 4.98 Å². The van der Waals surface area contributed by atoms with Gasteiger partial charge in [0.2, 0.25) is 0 Å². The maximum Gasteiger partial charge on any atom is 0.161 e. The second-order valence-corrected chi connectivity index (χ2v) is 9.59. The lowest BCUT2D eigenvalue weighted by Gasteiger charge is -2.24. The zero-order chi connectivity index (χ0) is 23.4. The van der Waals surface area contributed by atoms with E-state index in [0.717, 1.165) is 72.7 Å². The van der Waals surface area contributed by atoms with E-state index in [1.165, 1.54) is 5.22 Å². The Hall–Kier alpha value is -2.79. The highest BCUT2D eigenvalue weighted by atomic mass is 16.3. The first-order valence-electron chi connectivity index (χ1n) is 12.2. The highest BCUT2D eigenvalue weighted by Gasteiger charge is 2.21. The average molecular weight is 446 g/mol. The fourth-order valence-corrected chi connectivity index (χ4v) is 4.83. The van der Waals surface area contributed by atoms with Crippen molar-refractivity contribution in [2.45, 2.75) is 83.8 Å². The van der Waals surface area contributed by atoms with Crippen molar-refractivity contribution in [1.29, 1.82) is 0 Å². The molecule has 2 aliphatic rings. The molecular formula is C28H35N3O2. The molecule has 2 aliphatic carbocycles. The van der Waals surface area contributed by atoms with Crippen LogP contribution in [0.5, 0.6) is 0 Å². The molecule has 2 aromatic rings. The Balaban J connectivity index is 1.68. The van der Waals surface area contributed by atoms with Crippen LogP contribution in [0.3, 0.4) is 0 Å². The van der Waals surface area contributed by atoms with Crippen molar-refractivity contribution in [3.8, 4) is 0 Å². The van der Waals surface area contributed by atoms with Gasteiger partial charge in [-0.15, -0.1) is 0 Å². The van der Waals surface area contributed by atoms with Crippen molar-refractivity contribution >= 4 is 30.0 Å². The number of hydrogen-bond acceptors (Lipinski definition) is 4. The highest BCUT2D eigenvalue weighted by molar-refractivity contribution is 6.02. The van der Waals surface area contributed by atoms with Crippen LogP contribution in [0.25, 0.3) is 12.2 Å². The van der Waals surface area contributed by atoms with E-state index in [0.29, 0.717) is 11.5 Å². The third kappa shape index (κ3) is 5.41. The number of nitrogens with zero attached hydrogens (tertiary/aromatic N) is 2. The van der Waals surface area contributed by atoms with Crippen LogP contribution in [0.2, 0.25) is 0 Å². The van der Waals surface area contributed by atoms with Gasteiger partial charge in [0.05, 0.1) is 24.2 Å². The molecule has 0 radical (unpaired) electrons. The molecule has 0 aliphatic heterocycles. The Labute approximate surface area is 196 Å². The van der Waals surface area contributed by atoms with Gasteiger partial charge in [0, 0.05) is 22.7 Å². The first kappa shape index (κ1) is 23.4. The zero-order valence-electron chi connectivity index (χ0n) is 20.0. The second-order valence-electron chi connectivity index (χ2n) is 9.59. The minimum absolute atomic E-state index is 0.0277. The van der Waals surface area contributed by atoms with E-state index in [-0.39, 0.29) is 17.9 Å². The number of rotatable bonds is 7. The van der Waals surface area contributed by atoms with Crippen molar-refractivity contribution in [2.24, 2.45) is 4.99 Å². The Morgan fingerprint density at radius 1 is 1.21 bits per heavy atom. The second kappa shape index (κ2) is 10.4. The normalized spacial score (nSPS) is 20.3. The third-order valence-corrected chi connectivity index (χ3v) is 6.74. The molecule has 1 heterocycles. The van der Waals surface area contributed by atoms with Crippen LogP contribution in [0.1, 0.15) is 92.4 Å². The van der Waals surface area contributed by atoms with Crippen LogP contribution < -0.4 is 15.8 Å². The summed E-state index contributed by atoms with van der Waals surface area (Å²) in [6.07, 6.45) is 14.3. The molecule has 33 heavy (non-hydrogen) atoms. The predicted molar refractivity (Wildman–Crippen MR) is 135 cm³/mol. The van der Waals surface area contributed by atoms with Crippen molar-refractivity contribution in [3.05, 3.63) is 57.2 Å². The number of ketones is 1. The lowest BCUT2D eigenvalue weighted by Crippen LogP contribution is -2.35. The van der Waals surface area contributed by atoms with Crippen molar-refractivity contribution in [3.63, 3.8) is 0 Å². The highest BCUT2D eigenvalue weighted by Crippen LogP contribution is 2.21. The molecule has 1 fully saturated rings. The van der Waals surface area contributed by atoms with E-state index in [9.17, 15) is 9.90 Å². The maximum atomic E-state index is 12.6. The smallest absolute Gasteiger partial charge is 0.161 e. The first-order chi connectivity index (χ1) is 15.9. The molecule has 2 atom stereocenters. The lowest BCUT2D eigenvalue weighted by atomic mass is 9.93. The molecule has 1 saturated carbocycles. The van der Waals surface area contributed by atoms with Crippen LogP contribution in [-0.4, -0.2) is 34.4 Å². The Morgan fingerprint density at radius 2 is 1.97 bits per heavy atom. The number of benzene rings is 1.